The van der Waals surface area contributed by atoms with Crippen LogP contribution >= 0.6 is 0 Å². The minimum atomic E-state index is 0.450. The second-order valence-electron chi connectivity index (χ2n) is 4.22. The number of H-pyrrole nitrogens is 1. The molecule has 1 N–H and O–H groups in total. The first kappa shape index (κ1) is 11.3. The van der Waals surface area contributed by atoms with E-state index in [2.05, 4.69) is 16.0 Å². The van der Waals surface area contributed by atoms with Gasteiger partial charge in [0.2, 0.25) is 0 Å². The number of hydrogen-bond acceptors (Lipinski definition) is 3. The molecule has 0 amide bonds. The van der Waals surface area contributed by atoms with E-state index in [1.54, 1.807) is 6.08 Å². The van der Waals surface area contributed by atoms with Gasteiger partial charge in [-0.15, -0.1) is 0 Å². The Morgan fingerprint density at radius 3 is 2.84 bits per heavy atom. The van der Waals surface area contributed by atoms with Crippen molar-refractivity contribution in [3.05, 3.63) is 53.7 Å². The van der Waals surface area contributed by atoms with Gasteiger partial charge in [0, 0.05) is 6.08 Å². The fourth-order valence-electron chi connectivity index (χ4n) is 1.91. The first-order valence-corrected chi connectivity index (χ1v) is 5.89. The van der Waals surface area contributed by atoms with E-state index in [0.717, 1.165) is 16.8 Å². The van der Waals surface area contributed by atoms with E-state index in [-0.39, 0.29) is 0 Å². The summed E-state index contributed by atoms with van der Waals surface area (Å²) in [5.41, 5.74) is 2.20. The minimum absolute atomic E-state index is 0.450. The Kier molecular flexibility index (Phi) is 2.66. The number of fused-ring (bicyclic) bond motifs is 1. The van der Waals surface area contributed by atoms with E-state index in [4.69, 9.17) is 4.42 Å². The maximum absolute atomic E-state index is 9.25. The lowest BCUT2D eigenvalue weighted by Crippen LogP contribution is -1.84. The van der Waals surface area contributed by atoms with Crippen LogP contribution in [0.5, 0.6) is 0 Å². The van der Waals surface area contributed by atoms with Crippen molar-refractivity contribution in [2.45, 2.75) is 6.92 Å². The molecular formula is C15H11N3O. The first-order chi connectivity index (χ1) is 9.26. The predicted molar refractivity (Wildman–Crippen MR) is 73.0 cm³/mol. The van der Waals surface area contributed by atoms with E-state index in [1.807, 2.05) is 43.3 Å². The Balaban J connectivity index is 2.07. The number of aromatic amines is 1. The van der Waals surface area contributed by atoms with E-state index in [1.165, 1.54) is 0 Å². The van der Waals surface area contributed by atoms with Crippen LogP contribution in [0.25, 0.3) is 22.7 Å². The number of benzene rings is 1. The summed E-state index contributed by atoms with van der Waals surface area (Å²) in [7, 11) is 0. The van der Waals surface area contributed by atoms with Crippen LogP contribution in [-0.2, 0) is 0 Å². The fourth-order valence-corrected chi connectivity index (χ4v) is 1.91. The lowest BCUT2D eigenvalue weighted by Gasteiger charge is -1.91. The average Bonchev–Trinajstić information content (AvgIpc) is 3.01. The fraction of sp³-hybridized carbons (Fsp3) is 0.0667. The lowest BCUT2D eigenvalue weighted by molar-refractivity contribution is 0.525. The molecule has 4 heteroatoms. The molecule has 0 spiro atoms. The number of furan rings is 1. The van der Waals surface area contributed by atoms with Gasteiger partial charge in [-0.2, -0.15) is 5.26 Å². The molecule has 0 atom stereocenters. The van der Waals surface area contributed by atoms with Gasteiger partial charge in [0.15, 0.2) is 0 Å². The summed E-state index contributed by atoms with van der Waals surface area (Å²) in [4.78, 5) is 7.53. The number of aryl methyl sites for hydroxylation is 1. The summed E-state index contributed by atoms with van der Waals surface area (Å²) >= 11 is 0. The summed E-state index contributed by atoms with van der Waals surface area (Å²) < 4.78 is 5.44. The van der Waals surface area contributed by atoms with Crippen LogP contribution in [0.4, 0.5) is 0 Å². The number of nitriles is 1. The maximum atomic E-state index is 9.25. The monoisotopic (exact) mass is 249 g/mol. The Morgan fingerprint density at radius 1 is 1.32 bits per heavy atom. The molecule has 0 saturated heterocycles. The Hall–Kier alpha value is -2.80. The van der Waals surface area contributed by atoms with Crippen molar-refractivity contribution in [3.8, 4) is 6.07 Å². The highest BCUT2D eigenvalue weighted by molar-refractivity contribution is 5.89. The molecule has 0 aliphatic heterocycles. The number of hydrogen-bond donors (Lipinski definition) is 1. The quantitative estimate of drug-likeness (QED) is 0.706. The number of para-hydroxylation sites is 2. The summed E-state index contributed by atoms with van der Waals surface area (Å²) in [6.45, 7) is 1.87. The number of rotatable bonds is 2. The molecule has 92 valence electrons. The Bertz CT molecular complexity index is 769. The van der Waals surface area contributed by atoms with Gasteiger partial charge in [-0.3, -0.25) is 0 Å². The van der Waals surface area contributed by atoms with Crippen LogP contribution in [0.1, 0.15) is 17.3 Å². The van der Waals surface area contributed by atoms with Gasteiger partial charge in [-0.05, 0) is 31.2 Å². The molecule has 19 heavy (non-hydrogen) atoms. The summed E-state index contributed by atoms with van der Waals surface area (Å²) in [6.07, 6.45) is 1.69. The SMILES string of the molecule is Cc1ccc(/C=C(\C#N)c2nc3ccccc3[nH]2)o1. The molecule has 0 unspecified atom stereocenters. The van der Waals surface area contributed by atoms with Crippen molar-refractivity contribution < 1.29 is 4.42 Å². The first-order valence-electron chi connectivity index (χ1n) is 5.89. The third-order valence-electron chi connectivity index (χ3n) is 2.81. The normalized spacial score (nSPS) is 11.7. The van der Waals surface area contributed by atoms with Crippen LogP contribution < -0.4 is 0 Å². The molecule has 0 aliphatic rings. The van der Waals surface area contributed by atoms with Crippen LogP contribution in [0.15, 0.2) is 40.8 Å². The number of allylic oxidation sites excluding steroid dienone is 1. The number of nitrogens with zero attached hydrogens (tertiary/aromatic N) is 2. The van der Waals surface area contributed by atoms with Gasteiger partial charge in [0.1, 0.15) is 23.4 Å². The van der Waals surface area contributed by atoms with Gasteiger partial charge in [-0.1, -0.05) is 12.1 Å². The number of imidazole rings is 1. The molecule has 3 aromatic rings. The summed E-state index contributed by atoms with van der Waals surface area (Å²) in [5.74, 6) is 2.01. The standard InChI is InChI=1S/C15H11N3O/c1-10-6-7-12(19-10)8-11(9-16)15-17-13-4-2-3-5-14(13)18-15/h2-8H,1H3,(H,17,18)/b11-8+. The number of nitrogens with one attached hydrogen (secondary N) is 1. The summed E-state index contributed by atoms with van der Waals surface area (Å²) in [6, 6.07) is 13.5. The van der Waals surface area contributed by atoms with E-state index < -0.39 is 0 Å². The third kappa shape index (κ3) is 2.14. The second-order valence-corrected chi connectivity index (χ2v) is 4.22. The minimum Gasteiger partial charge on any atom is -0.462 e. The Labute approximate surface area is 110 Å². The average molecular weight is 249 g/mol. The molecule has 0 aliphatic carbocycles. The van der Waals surface area contributed by atoms with Gasteiger partial charge in [0.05, 0.1) is 16.6 Å². The van der Waals surface area contributed by atoms with Gasteiger partial charge < -0.3 is 9.40 Å². The zero-order chi connectivity index (χ0) is 13.2. The second kappa shape index (κ2) is 4.46. The highest BCUT2D eigenvalue weighted by Gasteiger charge is 2.08. The molecule has 0 radical (unpaired) electrons. The smallest absolute Gasteiger partial charge is 0.149 e. The third-order valence-corrected chi connectivity index (χ3v) is 2.81. The number of aromatic nitrogens is 2. The van der Waals surface area contributed by atoms with E-state index in [9.17, 15) is 5.26 Å². The maximum Gasteiger partial charge on any atom is 0.149 e. The molecule has 2 aromatic heterocycles. The van der Waals surface area contributed by atoms with Crippen LogP contribution in [-0.4, -0.2) is 9.97 Å². The van der Waals surface area contributed by atoms with Crippen LogP contribution in [0.2, 0.25) is 0 Å². The van der Waals surface area contributed by atoms with Crippen LogP contribution in [0, 0.1) is 18.3 Å². The van der Waals surface area contributed by atoms with E-state index in [0.29, 0.717) is 17.2 Å². The van der Waals surface area contributed by atoms with Crippen LogP contribution in [0.3, 0.4) is 0 Å². The highest BCUT2D eigenvalue weighted by atomic mass is 16.3. The molecular weight excluding hydrogens is 238 g/mol. The summed E-state index contributed by atoms with van der Waals surface area (Å²) in [5, 5.41) is 9.25. The molecule has 4 nitrogen and oxygen atoms in total. The zero-order valence-electron chi connectivity index (χ0n) is 10.3. The van der Waals surface area contributed by atoms with Crippen molar-refractivity contribution in [3.63, 3.8) is 0 Å². The van der Waals surface area contributed by atoms with Crippen molar-refractivity contribution in [1.82, 2.24) is 9.97 Å². The molecule has 0 fully saturated rings. The largest absolute Gasteiger partial charge is 0.462 e. The lowest BCUT2D eigenvalue weighted by atomic mass is 10.2. The molecule has 1 aromatic carbocycles. The van der Waals surface area contributed by atoms with Gasteiger partial charge in [0.25, 0.3) is 0 Å². The zero-order valence-corrected chi connectivity index (χ0v) is 10.3. The van der Waals surface area contributed by atoms with Crippen molar-refractivity contribution in [2.24, 2.45) is 0 Å². The molecule has 0 saturated carbocycles. The van der Waals surface area contributed by atoms with Crippen molar-refractivity contribution in [2.75, 3.05) is 0 Å². The predicted octanol–water partition coefficient (Wildman–Crippen LogP) is 3.53. The van der Waals surface area contributed by atoms with Crippen molar-refractivity contribution >= 4 is 22.7 Å². The molecule has 3 rings (SSSR count). The van der Waals surface area contributed by atoms with Gasteiger partial charge in [-0.25, -0.2) is 4.98 Å². The highest BCUT2D eigenvalue weighted by Crippen LogP contribution is 2.19. The van der Waals surface area contributed by atoms with Gasteiger partial charge >= 0.3 is 0 Å². The molecule has 0 bridgehead atoms. The van der Waals surface area contributed by atoms with E-state index >= 15 is 0 Å². The van der Waals surface area contributed by atoms with Crippen molar-refractivity contribution in [1.29, 1.82) is 5.26 Å². The Morgan fingerprint density at radius 2 is 2.16 bits per heavy atom. The molecule has 2 heterocycles. The topological polar surface area (TPSA) is 65.6 Å².